The first-order valence-corrected chi connectivity index (χ1v) is 9.86. The van der Waals surface area contributed by atoms with Crippen molar-refractivity contribution < 1.29 is 14.5 Å². The van der Waals surface area contributed by atoms with Crippen molar-refractivity contribution in [2.45, 2.75) is 58.1 Å². The number of ether oxygens (including phenoxy) is 1. The molecule has 1 amide bonds. The maximum absolute atomic E-state index is 13.2. The van der Waals surface area contributed by atoms with Crippen molar-refractivity contribution in [2.24, 2.45) is 0 Å². The van der Waals surface area contributed by atoms with Gasteiger partial charge in [-0.3, -0.25) is 9.69 Å². The van der Waals surface area contributed by atoms with E-state index >= 15 is 0 Å². The maximum atomic E-state index is 13.2. The number of thiazole rings is 1. The Bertz CT molecular complexity index is 806. The number of amides is 1. The van der Waals surface area contributed by atoms with Crippen molar-refractivity contribution in [2.75, 3.05) is 4.90 Å². The molecule has 1 aliphatic rings. The average Bonchev–Trinajstić information content (AvgIpc) is 3.18. The van der Waals surface area contributed by atoms with Gasteiger partial charge in [0.15, 0.2) is 11.2 Å². The number of rotatable bonds is 6. The number of carbonyl (C=O) groups excluding carboxylic acids is 1. The second kappa shape index (κ2) is 8.43. The molecule has 0 aliphatic heterocycles. The molecule has 3 rings (SSSR count). The van der Waals surface area contributed by atoms with Gasteiger partial charge in [-0.25, -0.2) is 4.98 Å². The number of aromatic nitrogens is 2. The lowest BCUT2D eigenvalue weighted by Crippen LogP contribution is -2.47. The molecule has 0 unspecified atom stereocenters. The fourth-order valence-corrected chi connectivity index (χ4v) is 4.01. The van der Waals surface area contributed by atoms with E-state index in [4.69, 9.17) is 4.74 Å². The van der Waals surface area contributed by atoms with E-state index in [0.717, 1.165) is 25.7 Å². The van der Waals surface area contributed by atoms with E-state index in [1.165, 1.54) is 23.8 Å². The lowest BCUT2D eigenvalue weighted by molar-refractivity contribution is -0.390. The lowest BCUT2D eigenvalue weighted by atomic mass is 9.94. The summed E-state index contributed by atoms with van der Waals surface area (Å²) in [5, 5.41) is 13.7. The summed E-state index contributed by atoms with van der Waals surface area (Å²) in [5.74, 6) is -0.631. The zero-order chi connectivity index (χ0) is 19.4. The van der Waals surface area contributed by atoms with E-state index in [1.54, 1.807) is 31.0 Å². The maximum Gasteiger partial charge on any atom is 0.406 e. The molecule has 1 saturated carbocycles. The van der Waals surface area contributed by atoms with Crippen LogP contribution in [0.1, 0.15) is 44.7 Å². The summed E-state index contributed by atoms with van der Waals surface area (Å²) >= 11 is 1.40. The van der Waals surface area contributed by atoms with Crippen molar-refractivity contribution in [1.82, 2.24) is 9.97 Å². The number of carbonyl (C=O) groups is 1. The van der Waals surface area contributed by atoms with Gasteiger partial charge in [0.2, 0.25) is 5.75 Å². The molecule has 0 spiro atoms. The second-order valence-corrected chi connectivity index (χ2v) is 7.48. The molecular formula is C18H22N4O4S. The molecule has 8 nitrogen and oxygen atoms in total. The molecule has 144 valence electrons. The smallest absolute Gasteiger partial charge is 0.406 e. The summed E-state index contributed by atoms with van der Waals surface area (Å²) in [7, 11) is 0. The fraction of sp³-hybridized carbons (Fsp3) is 0.500. The Kier molecular flexibility index (Phi) is 6.00. The summed E-state index contributed by atoms with van der Waals surface area (Å²) in [5.41, 5.74) is 0.514. The number of aryl methyl sites for hydroxylation is 1. The monoisotopic (exact) mass is 390 g/mol. The first-order valence-electron chi connectivity index (χ1n) is 8.98. The zero-order valence-corrected chi connectivity index (χ0v) is 16.1. The Morgan fingerprint density at radius 3 is 2.74 bits per heavy atom. The Morgan fingerprint density at radius 2 is 2.11 bits per heavy atom. The molecule has 1 atom stereocenters. The third kappa shape index (κ3) is 4.41. The quantitative estimate of drug-likeness (QED) is 0.548. The normalized spacial score (nSPS) is 15.9. The van der Waals surface area contributed by atoms with E-state index < -0.39 is 11.0 Å². The van der Waals surface area contributed by atoms with Crippen LogP contribution in [0, 0.1) is 17.0 Å². The van der Waals surface area contributed by atoms with Crippen LogP contribution < -0.4 is 9.64 Å². The minimum atomic E-state index is -0.890. The largest absolute Gasteiger partial charge is 0.473 e. The lowest BCUT2D eigenvalue weighted by Gasteiger charge is -2.34. The van der Waals surface area contributed by atoms with Crippen LogP contribution in [0.25, 0.3) is 0 Å². The van der Waals surface area contributed by atoms with Crippen molar-refractivity contribution in [3.05, 3.63) is 39.5 Å². The average molecular weight is 390 g/mol. The van der Waals surface area contributed by atoms with Crippen LogP contribution in [0.2, 0.25) is 0 Å². The predicted molar refractivity (Wildman–Crippen MR) is 102 cm³/mol. The molecule has 27 heavy (non-hydrogen) atoms. The first-order chi connectivity index (χ1) is 13.0. The van der Waals surface area contributed by atoms with Crippen LogP contribution in [0.4, 0.5) is 10.9 Å². The van der Waals surface area contributed by atoms with Crippen LogP contribution in [0.5, 0.6) is 5.75 Å². The van der Waals surface area contributed by atoms with Gasteiger partial charge in [0, 0.05) is 24.5 Å². The second-order valence-electron chi connectivity index (χ2n) is 6.61. The standard InChI is InChI=1S/C18H22N4O4S/c1-12-8-9-15(16(20-12)22(24)25)26-13(2)17(23)21(18-19-10-11-27-18)14-6-4-3-5-7-14/h8-11,13-14H,3-7H2,1-2H3/t13-/m1/s1. The van der Waals surface area contributed by atoms with Crippen LogP contribution in [0.15, 0.2) is 23.7 Å². The highest BCUT2D eigenvalue weighted by molar-refractivity contribution is 7.13. The zero-order valence-electron chi connectivity index (χ0n) is 15.3. The first kappa shape index (κ1) is 19.2. The molecule has 1 fully saturated rings. The SMILES string of the molecule is Cc1ccc(O[C@H](C)C(=O)N(c2nccs2)C2CCCCC2)c([N+](=O)[O-])n1. The molecule has 2 aromatic rings. The van der Waals surface area contributed by atoms with Crippen molar-refractivity contribution in [1.29, 1.82) is 0 Å². The fourth-order valence-electron chi connectivity index (χ4n) is 3.29. The summed E-state index contributed by atoms with van der Waals surface area (Å²) < 4.78 is 5.67. The molecule has 0 bridgehead atoms. The number of nitro groups is 1. The minimum Gasteiger partial charge on any atom is -0.473 e. The van der Waals surface area contributed by atoms with Gasteiger partial charge in [0.1, 0.15) is 5.69 Å². The number of pyridine rings is 1. The Morgan fingerprint density at radius 1 is 1.37 bits per heavy atom. The van der Waals surface area contributed by atoms with E-state index in [-0.39, 0.29) is 23.5 Å². The molecule has 2 heterocycles. The molecule has 0 radical (unpaired) electrons. The molecular weight excluding hydrogens is 368 g/mol. The topological polar surface area (TPSA) is 98.5 Å². The van der Waals surface area contributed by atoms with Crippen molar-refractivity contribution >= 4 is 28.2 Å². The van der Waals surface area contributed by atoms with E-state index in [1.807, 2.05) is 5.38 Å². The molecule has 0 aromatic carbocycles. The summed E-state index contributed by atoms with van der Waals surface area (Å²) in [6.45, 7) is 3.27. The van der Waals surface area contributed by atoms with Gasteiger partial charge in [-0.1, -0.05) is 19.3 Å². The van der Waals surface area contributed by atoms with Gasteiger partial charge >= 0.3 is 5.82 Å². The summed E-state index contributed by atoms with van der Waals surface area (Å²) in [6.07, 6.45) is 5.94. The van der Waals surface area contributed by atoms with E-state index in [0.29, 0.717) is 10.8 Å². The number of nitrogens with zero attached hydrogens (tertiary/aromatic N) is 4. The summed E-state index contributed by atoms with van der Waals surface area (Å²) in [6, 6.07) is 3.19. The number of hydrogen-bond acceptors (Lipinski definition) is 7. The predicted octanol–water partition coefficient (Wildman–Crippen LogP) is 3.89. The van der Waals surface area contributed by atoms with Gasteiger partial charge in [-0.2, -0.15) is 0 Å². The van der Waals surface area contributed by atoms with Gasteiger partial charge < -0.3 is 14.9 Å². The summed E-state index contributed by atoms with van der Waals surface area (Å²) in [4.78, 5) is 33.8. The van der Waals surface area contributed by atoms with Crippen LogP contribution in [-0.2, 0) is 4.79 Å². The van der Waals surface area contributed by atoms with E-state index in [9.17, 15) is 14.9 Å². The van der Waals surface area contributed by atoms with Crippen molar-refractivity contribution in [3.8, 4) is 5.75 Å². The Hall–Kier alpha value is -2.55. The van der Waals surface area contributed by atoms with Crippen LogP contribution in [0.3, 0.4) is 0 Å². The molecule has 1 aliphatic carbocycles. The Balaban J connectivity index is 1.83. The number of hydrogen-bond donors (Lipinski definition) is 0. The van der Waals surface area contributed by atoms with Crippen molar-refractivity contribution in [3.63, 3.8) is 0 Å². The molecule has 9 heteroatoms. The third-order valence-electron chi connectivity index (χ3n) is 4.61. The van der Waals surface area contributed by atoms with E-state index in [2.05, 4.69) is 9.97 Å². The Labute approximate surface area is 161 Å². The van der Waals surface area contributed by atoms with Crippen LogP contribution in [-0.4, -0.2) is 32.9 Å². The third-order valence-corrected chi connectivity index (χ3v) is 5.38. The van der Waals surface area contributed by atoms with Gasteiger partial charge in [-0.05, 0) is 41.8 Å². The van der Waals surface area contributed by atoms with Gasteiger partial charge in [0.05, 0.1) is 0 Å². The molecule has 0 N–H and O–H groups in total. The highest BCUT2D eigenvalue weighted by Crippen LogP contribution is 2.31. The minimum absolute atomic E-state index is 0.00539. The van der Waals surface area contributed by atoms with Gasteiger partial charge in [-0.15, -0.1) is 11.3 Å². The van der Waals surface area contributed by atoms with Gasteiger partial charge in [0.25, 0.3) is 5.91 Å². The number of anilines is 1. The van der Waals surface area contributed by atoms with Crippen LogP contribution >= 0.6 is 11.3 Å². The molecule has 2 aromatic heterocycles. The highest BCUT2D eigenvalue weighted by Gasteiger charge is 2.33. The highest BCUT2D eigenvalue weighted by atomic mass is 32.1. The molecule has 0 saturated heterocycles.